The van der Waals surface area contributed by atoms with Gasteiger partial charge in [0, 0.05) is 26.1 Å². The summed E-state index contributed by atoms with van der Waals surface area (Å²) in [5, 5.41) is 0. The van der Waals surface area contributed by atoms with Gasteiger partial charge >= 0.3 is 0 Å². The monoisotopic (exact) mass is 535 g/mol. The Morgan fingerprint density at radius 1 is 0.500 bits per heavy atom. The van der Waals surface area contributed by atoms with Crippen LogP contribution in [0.25, 0.3) is 0 Å². The predicted octanol–water partition coefficient (Wildman–Crippen LogP) is 11.3. The maximum atomic E-state index is 5.97. The van der Waals surface area contributed by atoms with Crippen LogP contribution in [0.4, 0.5) is 0 Å². The van der Waals surface area contributed by atoms with Crippen LogP contribution in [0.3, 0.4) is 0 Å². The Balaban J connectivity index is 1.80. The molecule has 0 unspecified atom stereocenters. The summed E-state index contributed by atoms with van der Waals surface area (Å²) in [5.74, 6) is 1.36. The molecule has 3 heteroatoms. The SMILES string of the molecule is CCCCCCCCCCCCCCCCOCCN1CCN=C1CCCCCCCCCCCCCC. The zero-order valence-corrected chi connectivity index (χ0v) is 26.4. The Morgan fingerprint density at radius 3 is 1.34 bits per heavy atom. The summed E-state index contributed by atoms with van der Waals surface area (Å²) >= 11 is 0. The number of rotatable bonds is 31. The lowest BCUT2D eigenvalue weighted by Crippen LogP contribution is -2.31. The van der Waals surface area contributed by atoms with Crippen LogP contribution < -0.4 is 0 Å². The molecule has 1 aliphatic rings. The minimum Gasteiger partial charge on any atom is -0.380 e. The van der Waals surface area contributed by atoms with Gasteiger partial charge in [0.25, 0.3) is 0 Å². The third kappa shape index (κ3) is 23.3. The second-order valence-electron chi connectivity index (χ2n) is 12.1. The largest absolute Gasteiger partial charge is 0.380 e. The van der Waals surface area contributed by atoms with Crippen LogP contribution in [-0.2, 0) is 4.74 Å². The fraction of sp³-hybridized carbons (Fsp3) is 0.971. The minimum absolute atomic E-state index is 0.871. The van der Waals surface area contributed by atoms with E-state index in [1.165, 1.54) is 179 Å². The Morgan fingerprint density at radius 2 is 0.895 bits per heavy atom. The molecule has 0 fully saturated rings. The maximum Gasteiger partial charge on any atom is 0.0991 e. The molecule has 0 aromatic heterocycles. The second-order valence-corrected chi connectivity index (χ2v) is 12.1. The van der Waals surface area contributed by atoms with Crippen LogP contribution in [-0.4, -0.2) is 43.6 Å². The van der Waals surface area contributed by atoms with E-state index < -0.39 is 0 Å². The van der Waals surface area contributed by atoms with E-state index in [2.05, 4.69) is 18.7 Å². The van der Waals surface area contributed by atoms with Crippen molar-refractivity contribution in [2.45, 2.75) is 187 Å². The summed E-state index contributed by atoms with van der Waals surface area (Å²) in [6.45, 7) is 9.55. The van der Waals surface area contributed by atoms with Crippen LogP contribution in [0.1, 0.15) is 187 Å². The zero-order chi connectivity index (χ0) is 27.2. The lowest BCUT2D eigenvalue weighted by molar-refractivity contribution is 0.118. The average Bonchev–Trinajstić information content (AvgIpc) is 3.38. The number of hydrogen-bond acceptors (Lipinski definition) is 3. The molecule has 0 atom stereocenters. The molecule has 1 heterocycles. The average molecular weight is 535 g/mol. The van der Waals surface area contributed by atoms with Gasteiger partial charge in [-0.25, -0.2) is 0 Å². The molecular weight excluding hydrogens is 464 g/mol. The van der Waals surface area contributed by atoms with E-state index >= 15 is 0 Å². The van der Waals surface area contributed by atoms with Crippen LogP contribution in [0.5, 0.6) is 0 Å². The minimum atomic E-state index is 0.871. The van der Waals surface area contributed by atoms with Crippen LogP contribution in [0, 0.1) is 0 Å². The number of hydrogen-bond donors (Lipinski definition) is 0. The first-order chi connectivity index (χ1) is 18.9. The molecule has 0 bridgehead atoms. The van der Waals surface area contributed by atoms with Gasteiger partial charge in [-0.15, -0.1) is 0 Å². The lowest BCUT2D eigenvalue weighted by Gasteiger charge is -2.20. The Kier molecular flexibility index (Phi) is 27.4. The number of aliphatic imine (C=N–C) groups is 1. The van der Waals surface area contributed by atoms with Gasteiger partial charge in [-0.3, -0.25) is 4.99 Å². The molecular formula is C35H70N2O. The summed E-state index contributed by atoms with van der Waals surface area (Å²) in [7, 11) is 0. The third-order valence-corrected chi connectivity index (χ3v) is 8.43. The van der Waals surface area contributed by atoms with Crippen LogP contribution >= 0.6 is 0 Å². The normalized spacial score (nSPS) is 13.5. The first-order valence-corrected chi connectivity index (χ1v) is 17.7. The molecule has 0 radical (unpaired) electrons. The van der Waals surface area contributed by atoms with E-state index in [0.717, 1.165) is 32.8 Å². The van der Waals surface area contributed by atoms with Gasteiger partial charge < -0.3 is 9.64 Å². The molecule has 0 N–H and O–H groups in total. The summed E-state index contributed by atoms with van der Waals surface area (Å²) < 4.78 is 5.97. The number of amidine groups is 1. The Bertz CT molecular complexity index is 492. The van der Waals surface area contributed by atoms with Crippen LogP contribution in [0.2, 0.25) is 0 Å². The molecule has 1 rings (SSSR count). The van der Waals surface area contributed by atoms with Crippen molar-refractivity contribution in [3.8, 4) is 0 Å². The summed E-state index contributed by atoms with van der Waals surface area (Å²) in [6, 6.07) is 0. The van der Waals surface area contributed by atoms with Gasteiger partial charge in [-0.1, -0.05) is 168 Å². The Hall–Kier alpha value is -0.570. The highest BCUT2D eigenvalue weighted by atomic mass is 16.5. The van der Waals surface area contributed by atoms with Gasteiger partial charge in [0.1, 0.15) is 0 Å². The molecule has 0 aromatic carbocycles. The first kappa shape index (κ1) is 35.5. The highest BCUT2D eigenvalue weighted by Crippen LogP contribution is 2.15. The van der Waals surface area contributed by atoms with Crippen molar-refractivity contribution in [1.82, 2.24) is 4.90 Å². The fourth-order valence-electron chi connectivity index (χ4n) is 5.81. The van der Waals surface area contributed by atoms with Gasteiger partial charge in [0.05, 0.1) is 19.0 Å². The van der Waals surface area contributed by atoms with Crippen molar-refractivity contribution in [2.24, 2.45) is 4.99 Å². The predicted molar refractivity (Wildman–Crippen MR) is 171 cm³/mol. The molecule has 0 saturated heterocycles. The van der Waals surface area contributed by atoms with E-state index in [-0.39, 0.29) is 0 Å². The van der Waals surface area contributed by atoms with Gasteiger partial charge in [0.15, 0.2) is 0 Å². The molecule has 38 heavy (non-hydrogen) atoms. The first-order valence-electron chi connectivity index (χ1n) is 17.7. The zero-order valence-electron chi connectivity index (χ0n) is 26.4. The topological polar surface area (TPSA) is 24.8 Å². The van der Waals surface area contributed by atoms with E-state index in [1.807, 2.05) is 0 Å². The van der Waals surface area contributed by atoms with Crippen molar-refractivity contribution < 1.29 is 4.74 Å². The summed E-state index contributed by atoms with van der Waals surface area (Å²) in [6.07, 6.45) is 38.0. The van der Waals surface area contributed by atoms with E-state index in [9.17, 15) is 0 Å². The lowest BCUT2D eigenvalue weighted by atomic mass is 10.0. The number of nitrogens with zero attached hydrogens (tertiary/aromatic N) is 2. The van der Waals surface area contributed by atoms with Crippen molar-refractivity contribution in [1.29, 1.82) is 0 Å². The standard InChI is InChI=1S/C35H70N2O/c1-3-5-7-9-11-13-15-17-18-20-22-24-26-28-33-38-34-32-37-31-30-36-35(37)29-27-25-23-21-19-16-14-12-10-8-6-4-2/h3-34H2,1-2H3. The van der Waals surface area contributed by atoms with E-state index in [0.29, 0.717) is 0 Å². The molecule has 0 aromatic rings. The highest BCUT2D eigenvalue weighted by molar-refractivity contribution is 5.83. The molecule has 226 valence electrons. The molecule has 0 spiro atoms. The third-order valence-electron chi connectivity index (χ3n) is 8.43. The van der Waals surface area contributed by atoms with E-state index in [1.54, 1.807) is 0 Å². The molecule has 0 amide bonds. The summed E-state index contributed by atoms with van der Waals surface area (Å²) in [4.78, 5) is 7.28. The maximum absolute atomic E-state index is 5.97. The molecule has 0 aliphatic carbocycles. The smallest absolute Gasteiger partial charge is 0.0991 e. The highest BCUT2D eigenvalue weighted by Gasteiger charge is 2.15. The molecule has 3 nitrogen and oxygen atoms in total. The van der Waals surface area contributed by atoms with Crippen LogP contribution in [0.15, 0.2) is 4.99 Å². The van der Waals surface area contributed by atoms with E-state index in [4.69, 9.17) is 9.73 Å². The quantitative estimate of drug-likeness (QED) is 0.0826. The van der Waals surface area contributed by atoms with Gasteiger partial charge in [-0.05, 0) is 12.8 Å². The number of unbranched alkanes of at least 4 members (excludes halogenated alkanes) is 24. The second kappa shape index (κ2) is 29.4. The van der Waals surface area contributed by atoms with Crippen molar-refractivity contribution in [3.05, 3.63) is 0 Å². The fourth-order valence-corrected chi connectivity index (χ4v) is 5.81. The van der Waals surface area contributed by atoms with Crippen molar-refractivity contribution in [3.63, 3.8) is 0 Å². The molecule has 1 aliphatic heterocycles. The summed E-state index contributed by atoms with van der Waals surface area (Å²) in [5.41, 5.74) is 0. The van der Waals surface area contributed by atoms with Gasteiger partial charge in [-0.2, -0.15) is 0 Å². The molecule has 0 saturated carbocycles. The van der Waals surface area contributed by atoms with Crippen molar-refractivity contribution in [2.75, 3.05) is 32.8 Å². The Labute approximate surface area is 240 Å². The number of ether oxygens (including phenoxy) is 1. The van der Waals surface area contributed by atoms with Crippen molar-refractivity contribution >= 4 is 5.84 Å². The van der Waals surface area contributed by atoms with Gasteiger partial charge in [0.2, 0.25) is 0 Å².